The number of sulfonamides is 1. The molecule has 1 aliphatic heterocycles. The number of sulfone groups is 1. The molecule has 0 unspecified atom stereocenters. The highest BCUT2D eigenvalue weighted by atomic mass is 32.2. The minimum absolute atomic E-state index is 0.0437. The van der Waals surface area contributed by atoms with Gasteiger partial charge in [-0.1, -0.05) is 0 Å². The molecule has 1 saturated heterocycles. The van der Waals surface area contributed by atoms with Gasteiger partial charge in [0.25, 0.3) is 0 Å². The summed E-state index contributed by atoms with van der Waals surface area (Å²) >= 11 is 0. The van der Waals surface area contributed by atoms with E-state index in [1.165, 1.54) is 26.2 Å². The maximum absolute atomic E-state index is 12.3. The van der Waals surface area contributed by atoms with Gasteiger partial charge in [-0.05, 0) is 31.5 Å². The second-order valence-corrected chi connectivity index (χ2v) is 10.9. The molecular formula is C16H26N4O5S2. The van der Waals surface area contributed by atoms with E-state index in [-0.39, 0.29) is 34.9 Å². The number of carbonyl (C=O) groups excluding carboxylic acids is 1. The Labute approximate surface area is 160 Å². The number of hydrogen-bond donors (Lipinski definition) is 3. The lowest BCUT2D eigenvalue weighted by molar-refractivity contribution is -0.119. The van der Waals surface area contributed by atoms with Crippen molar-refractivity contribution in [3.63, 3.8) is 0 Å². The largest absolute Gasteiger partial charge is 0.384 e. The van der Waals surface area contributed by atoms with E-state index < -0.39 is 19.9 Å². The molecule has 1 heterocycles. The van der Waals surface area contributed by atoms with Gasteiger partial charge in [0, 0.05) is 26.7 Å². The van der Waals surface area contributed by atoms with Crippen LogP contribution >= 0.6 is 0 Å². The number of anilines is 2. The first kappa shape index (κ1) is 21.5. The van der Waals surface area contributed by atoms with E-state index in [0.717, 1.165) is 4.31 Å². The first-order valence-electron chi connectivity index (χ1n) is 8.59. The van der Waals surface area contributed by atoms with Crippen LogP contribution in [0.15, 0.2) is 23.1 Å². The second kappa shape index (κ2) is 8.44. The van der Waals surface area contributed by atoms with Crippen LogP contribution in [-0.2, 0) is 24.7 Å². The third-order valence-electron chi connectivity index (χ3n) is 4.17. The van der Waals surface area contributed by atoms with Crippen LogP contribution in [-0.4, -0.2) is 71.8 Å². The van der Waals surface area contributed by atoms with E-state index in [4.69, 9.17) is 0 Å². The molecule has 0 spiro atoms. The number of benzene rings is 1. The van der Waals surface area contributed by atoms with Crippen molar-refractivity contribution >= 4 is 37.1 Å². The first-order chi connectivity index (χ1) is 12.5. The quantitative estimate of drug-likeness (QED) is 0.546. The van der Waals surface area contributed by atoms with Crippen molar-refractivity contribution < 1.29 is 21.6 Å². The van der Waals surface area contributed by atoms with Gasteiger partial charge in [-0.3, -0.25) is 4.79 Å². The number of hydrogen-bond acceptors (Lipinski definition) is 7. The zero-order valence-corrected chi connectivity index (χ0v) is 17.3. The third kappa shape index (κ3) is 5.56. The monoisotopic (exact) mass is 418 g/mol. The van der Waals surface area contributed by atoms with E-state index in [0.29, 0.717) is 24.3 Å². The number of nitrogens with zero attached hydrogens (tertiary/aromatic N) is 1. The van der Waals surface area contributed by atoms with Gasteiger partial charge < -0.3 is 16.0 Å². The molecule has 1 aromatic rings. The van der Waals surface area contributed by atoms with Gasteiger partial charge in [0.05, 0.1) is 34.3 Å². The zero-order chi connectivity index (χ0) is 20.2. The summed E-state index contributed by atoms with van der Waals surface area (Å²) in [7, 11) is -3.78. The minimum atomic E-state index is -3.60. The Morgan fingerprint density at radius 3 is 2.48 bits per heavy atom. The van der Waals surface area contributed by atoms with Gasteiger partial charge in [0.1, 0.15) is 0 Å². The Kier molecular flexibility index (Phi) is 6.71. The standard InChI is InChI=1S/C16H26N4O5S2/c1-4-17-14-6-5-13(27(24,25)20(2)3)9-15(14)18-10-16(21)19-12-7-8-26(22,23)11-12/h5-6,9,12,17-18H,4,7-8,10-11H2,1-3H3,(H,19,21)/t12-/m1/s1. The molecule has 1 atom stereocenters. The molecule has 1 aromatic carbocycles. The summed E-state index contributed by atoms with van der Waals surface area (Å²) in [5.74, 6) is -0.307. The SMILES string of the molecule is CCNc1ccc(S(=O)(=O)N(C)C)cc1NCC(=O)N[C@@H]1CCS(=O)(=O)C1. The van der Waals surface area contributed by atoms with Gasteiger partial charge in [0.15, 0.2) is 9.84 Å². The Hall–Kier alpha value is -1.85. The van der Waals surface area contributed by atoms with Crippen molar-refractivity contribution in [1.82, 2.24) is 9.62 Å². The third-order valence-corrected chi connectivity index (χ3v) is 7.75. The van der Waals surface area contributed by atoms with Crippen LogP contribution in [0.3, 0.4) is 0 Å². The summed E-state index contributed by atoms with van der Waals surface area (Å²) in [6.45, 7) is 2.43. The van der Waals surface area contributed by atoms with Gasteiger partial charge >= 0.3 is 0 Å². The van der Waals surface area contributed by atoms with Gasteiger partial charge in [-0.15, -0.1) is 0 Å². The molecular weight excluding hydrogens is 392 g/mol. The Morgan fingerprint density at radius 2 is 1.93 bits per heavy atom. The van der Waals surface area contributed by atoms with Gasteiger partial charge in [0.2, 0.25) is 15.9 Å². The lowest BCUT2D eigenvalue weighted by atomic mass is 10.2. The van der Waals surface area contributed by atoms with Crippen LogP contribution in [0.5, 0.6) is 0 Å². The molecule has 0 saturated carbocycles. The Balaban J connectivity index is 2.10. The molecule has 1 fully saturated rings. The molecule has 1 aliphatic rings. The first-order valence-corrected chi connectivity index (χ1v) is 11.9. The predicted molar refractivity (Wildman–Crippen MR) is 105 cm³/mol. The number of nitrogens with one attached hydrogen (secondary N) is 3. The molecule has 9 nitrogen and oxygen atoms in total. The van der Waals surface area contributed by atoms with Crippen LogP contribution < -0.4 is 16.0 Å². The molecule has 1 amide bonds. The maximum atomic E-state index is 12.3. The average molecular weight is 419 g/mol. The predicted octanol–water partition coefficient (Wildman–Crippen LogP) is 0.0839. The van der Waals surface area contributed by atoms with Crippen molar-refractivity contribution in [2.24, 2.45) is 0 Å². The minimum Gasteiger partial charge on any atom is -0.384 e. The molecule has 0 aliphatic carbocycles. The Morgan fingerprint density at radius 1 is 1.22 bits per heavy atom. The molecule has 3 N–H and O–H groups in total. The van der Waals surface area contributed by atoms with Crippen molar-refractivity contribution in [3.05, 3.63) is 18.2 Å². The topological polar surface area (TPSA) is 125 Å². The normalized spacial score (nSPS) is 19.0. The average Bonchev–Trinajstić information content (AvgIpc) is 2.92. The summed E-state index contributed by atoms with van der Waals surface area (Å²) in [4.78, 5) is 12.2. The number of amides is 1. The summed E-state index contributed by atoms with van der Waals surface area (Å²) in [6.07, 6.45) is 0.410. The highest BCUT2D eigenvalue weighted by molar-refractivity contribution is 7.91. The smallest absolute Gasteiger partial charge is 0.242 e. The van der Waals surface area contributed by atoms with Crippen molar-refractivity contribution in [2.75, 3.05) is 49.3 Å². The highest BCUT2D eigenvalue weighted by Crippen LogP contribution is 2.26. The molecule has 2 rings (SSSR count). The van der Waals surface area contributed by atoms with Gasteiger partial charge in [-0.25, -0.2) is 21.1 Å². The fourth-order valence-corrected chi connectivity index (χ4v) is 5.35. The van der Waals surface area contributed by atoms with E-state index in [1.54, 1.807) is 6.07 Å². The van der Waals surface area contributed by atoms with Crippen LogP contribution in [0.2, 0.25) is 0 Å². The highest BCUT2D eigenvalue weighted by Gasteiger charge is 2.28. The van der Waals surface area contributed by atoms with Crippen LogP contribution in [0.4, 0.5) is 11.4 Å². The summed E-state index contributed by atoms with van der Waals surface area (Å²) in [6, 6.07) is 4.24. The van der Waals surface area contributed by atoms with Crippen molar-refractivity contribution in [1.29, 1.82) is 0 Å². The summed E-state index contributed by atoms with van der Waals surface area (Å²) in [5, 5.41) is 8.74. The van der Waals surface area contributed by atoms with E-state index >= 15 is 0 Å². The molecule has 27 heavy (non-hydrogen) atoms. The van der Waals surface area contributed by atoms with Crippen LogP contribution in [0.1, 0.15) is 13.3 Å². The molecule has 11 heteroatoms. The molecule has 0 radical (unpaired) electrons. The zero-order valence-electron chi connectivity index (χ0n) is 15.6. The van der Waals surface area contributed by atoms with Crippen molar-refractivity contribution in [3.8, 4) is 0 Å². The number of rotatable bonds is 8. The fraction of sp³-hybridized carbons (Fsp3) is 0.562. The lowest BCUT2D eigenvalue weighted by Gasteiger charge is -2.17. The lowest BCUT2D eigenvalue weighted by Crippen LogP contribution is -2.39. The van der Waals surface area contributed by atoms with E-state index in [2.05, 4.69) is 16.0 Å². The summed E-state index contributed by atoms with van der Waals surface area (Å²) in [5.41, 5.74) is 1.15. The fourth-order valence-electron chi connectivity index (χ4n) is 2.75. The Bertz CT molecular complexity index is 897. The van der Waals surface area contributed by atoms with Crippen LogP contribution in [0, 0.1) is 0 Å². The van der Waals surface area contributed by atoms with Gasteiger partial charge in [-0.2, -0.15) is 0 Å². The van der Waals surface area contributed by atoms with E-state index in [1.807, 2.05) is 6.92 Å². The van der Waals surface area contributed by atoms with E-state index in [9.17, 15) is 21.6 Å². The maximum Gasteiger partial charge on any atom is 0.242 e. The van der Waals surface area contributed by atoms with Crippen molar-refractivity contribution in [2.45, 2.75) is 24.3 Å². The summed E-state index contributed by atoms with van der Waals surface area (Å²) < 4.78 is 48.7. The second-order valence-electron chi connectivity index (χ2n) is 6.55. The number of carbonyl (C=O) groups is 1. The molecule has 0 bridgehead atoms. The van der Waals surface area contributed by atoms with Crippen LogP contribution in [0.25, 0.3) is 0 Å². The molecule has 152 valence electrons. The molecule has 0 aromatic heterocycles.